The van der Waals surface area contributed by atoms with E-state index in [9.17, 15) is 25.4 Å². The molecule has 9 nitrogen and oxygen atoms in total. The highest BCUT2D eigenvalue weighted by Gasteiger charge is 2.42. The number of nitriles is 1. The summed E-state index contributed by atoms with van der Waals surface area (Å²) in [6.45, 7) is 1.37. The Hall–Kier alpha value is -3.68. The number of carbonyl (C=O) groups is 1. The number of benzene rings is 2. The Balaban J connectivity index is 1.51. The second-order valence-electron chi connectivity index (χ2n) is 9.60. The van der Waals surface area contributed by atoms with Crippen LogP contribution in [0.15, 0.2) is 54.1 Å². The molecule has 4 rings (SSSR count). The van der Waals surface area contributed by atoms with Crippen LogP contribution in [-0.4, -0.2) is 71.0 Å². The van der Waals surface area contributed by atoms with Crippen LogP contribution in [0.5, 0.6) is 0 Å². The maximum absolute atomic E-state index is 12.7. The molecule has 1 aliphatic rings. The average Bonchev–Trinajstić information content (AvgIpc) is 3.24. The van der Waals surface area contributed by atoms with E-state index in [2.05, 4.69) is 40.5 Å². The number of ether oxygens (including phenoxy) is 1. The number of hydrogen-bond donors (Lipinski definition) is 4. The standard InChI is InChI=1S/C28H32N4O5/c1-16-25(33)26(34)23(28(36)37-16)15-30-27(35)20(14-29)13-22-9-10-24(32(22)4)19-6-5-18-12-21(31(2)3)8-7-17(18)11-19/h5-13,16,23,25-26,28,33-34,36H,15H2,1-4H3,(H,30,35)/b20-13+/t16-,23-,25?,26+,28-/m0/s1. The van der Waals surface area contributed by atoms with E-state index in [1.165, 1.54) is 13.0 Å². The minimum Gasteiger partial charge on any atom is -0.390 e. The Kier molecular flexibility index (Phi) is 7.66. The van der Waals surface area contributed by atoms with Gasteiger partial charge in [0.1, 0.15) is 17.7 Å². The van der Waals surface area contributed by atoms with Gasteiger partial charge in [0.15, 0.2) is 6.29 Å². The topological polar surface area (TPSA) is 131 Å². The Labute approximate surface area is 215 Å². The quantitative estimate of drug-likeness (QED) is 0.298. The number of carbonyl (C=O) groups excluding carboxylic acids is 1. The number of nitrogens with one attached hydrogen (secondary N) is 1. The maximum Gasteiger partial charge on any atom is 0.262 e. The number of rotatable bonds is 6. The van der Waals surface area contributed by atoms with Crippen LogP contribution in [0.4, 0.5) is 5.69 Å². The summed E-state index contributed by atoms with van der Waals surface area (Å²) >= 11 is 0. The molecule has 3 aromatic rings. The summed E-state index contributed by atoms with van der Waals surface area (Å²) in [6, 6.07) is 18.2. The molecule has 194 valence electrons. The van der Waals surface area contributed by atoms with E-state index in [1.807, 2.05) is 50.0 Å². The van der Waals surface area contributed by atoms with Gasteiger partial charge in [-0.25, -0.2) is 0 Å². The summed E-state index contributed by atoms with van der Waals surface area (Å²) in [5, 5.41) is 44.8. The molecular formula is C28H32N4O5. The van der Waals surface area contributed by atoms with Gasteiger partial charge in [-0.2, -0.15) is 5.26 Å². The molecule has 1 amide bonds. The predicted molar refractivity (Wildman–Crippen MR) is 141 cm³/mol. The molecule has 1 aliphatic heterocycles. The van der Waals surface area contributed by atoms with E-state index in [0.717, 1.165) is 27.7 Å². The fraction of sp³-hybridized carbons (Fsp3) is 0.357. The Morgan fingerprint density at radius 1 is 1.11 bits per heavy atom. The molecular weight excluding hydrogens is 472 g/mol. The van der Waals surface area contributed by atoms with E-state index in [1.54, 1.807) is 0 Å². The minimum atomic E-state index is -1.35. The molecule has 0 saturated carbocycles. The third-order valence-electron chi connectivity index (χ3n) is 6.94. The lowest BCUT2D eigenvalue weighted by Gasteiger charge is -2.39. The van der Waals surface area contributed by atoms with Crippen molar-refractivity contribution in [3.05, 3.63) is 59.8 Å². The van der Waals surface area contributed by atoms with Crippen LogP contribution in [0.3, 0.4) is 0 Å². The molecule has 2 heterocycles. The summed E-state index contributed by atoms with van der Waals surface area (Å²) in [5.74, 6) is -1.58. The van der Waals surface area contributed by atoms with Gasteiger partial charge in [0, 0.05) is 44.8 Å². The zero-order chi connectivity index (χ0) is 26.9. The molecule has 37 heavy (non-hydrogen) atoms. The van der Waals surface area contributed by atoms with E-state index in [-0.39, 0.29) is 12.1 Å². The fourth-order valence-electron chi connectivity index (χ4n) is 4.56. The second-order valence-corrected chi connectivity index (χ2v) is 9.60. The van der Waals surface area contributed by atoms with Gasteiger partial charge in [0.2, 0.25) is 0 Å². The number of nitrogens with zero attached hydrogens (tertiary/aromatic N) is 3. The molecule has 0 bridgehead atoms. The highest BCUT2D eigenvalue weighted by Crippen LogP contribution is 2.29. The normalized spacial score (nSPS) is 24.1. The summed E-state index contributed by atoms with van der Waals surface area (Å²) in [6.07, 6.45) is -3.07. The van der Waals surface area contributed by atoms with Gasteiger partial charge in [0.05, 0.1) is 18.1 Å². The molecule has 1 unspecified atom stereocenters. The zero-order valence-corrected chi connectivity index (χ0v) is 21.3. The van der Waals surface area contributed by atoms with E-state index < -0.39 is 36.4 Å². The van der Waals surface area contributed by atoms with Crippen LogP contribution < -0.4 is 10.2 Å². The van der Waals surface area contributed by atoms with Gasteiger partial charge >= 0.3 is 0 Å². The van der Waals surface area contributed by atoms with Gasteiger partial charge < -0.3 is 34.8 Å². The van der Waals surface area contributed by atoms with Gasteiger partial charge in [0.25, 0.3) is 5.91 Å². The van der Waals surface area contributed by atoms with E-state index >= 15 is 0 Å². The van der Waals surface area contributed by atoms with E-state index in [0.29, 0.717) is 5.69 Å². The van der Waals surface area contributed by atoms with Gasteiger partial charge in [-0.3, -0.25) is 4.79 Å². The first-order valence-corrected chi connectivity index (χ1v) is 12.1. The van der Waals surface area contributed by atoms with Crippen molar-refractivity contribution in [3.8, 4) is 17.3 Å². The van der Waals surface area contributed by atoms with Crippen LogP contribution in [0.1, 0.15) is 12.6 Å². The van der Waals surface area contributed by atoms with Gasteiger partial charge in [-0.05, 0) is 59.7 Å². The number of aliphatic hydroxyl groups is 3. The first kappa shape index (κ1) is 26.4. The number of hydrogen-bond acceptors (Lipinski definition) is 7. The monoisotopic (exact) mass is 504 g/mol. The molecule has 4 N–H and O–H groups in total. The first-order chi connectivity index (χ1) is 17.6. The van der Waals surface area contributed by atoms with Crippen LogP contribution in [0, 0.1) is 17.2 Å². The number of fused-ring (bicyclic) bond motifs is 1. The van der Waals surface area contributed by atoms with Crippen LogP contribution in [0.2, 0.25) is 0 Å². The zero-order valence-electron chi connectivity index (χ0n) is 21.3. The molecule has 1 aromatic heterocycles. The number of amides is 1. The molecule has 1 saturated heterocycles. The molecule has 9 heteroatoms. The Bertz CT molecular complexity index is 1370. The summed E-state index contributed by atoms with van der Waals surface area (Å²) in [5.41, 5.74) is 3.59. The highest BCUT2D eigenvalue weighted by molar-refractivity contribution is 6.01. The number of aromatic nitrogens is 1. The fourth-order valence-corrected chi connectivity index (χ4v) is 4.56. The lowest BCUT2D eigenvalue weighted by Crippen LogP contribution is -2.56. The van der Waals surface area contributed by atoms with Crippen molar-refractivity contribution in [2.75, 3.05) is 25.5 Å². The van der Waals surface area contributed by atoms with E-state index in [4.69, 9.17) is 4.74 Å². The Morgan fingerprint density at radius 2 is 1.81 bits per heavy atom. The largest absolute Gasteiger partial charge is 0.390 e. The third kappa shape index (κ3) is 5.38. The Morgan fingerprint density at radius 3 is 2.51 bits per heavy atom. The van der Waals surface area contributed by atoms with Crippen molar-refractivity contribution in [3.63, 3.8) is 0 Å². The third-order valence-corrected chi connectivity index (χ3v) is 6.94. The van der Waals surface area contributed by atoms with Crippen LogP contribution >= 0.6 is 0 Å². The molecule has 0 spiro atoms. The van der Waals surface area contributed by atoms with Crippen molar-refractivity contribution in [2.24, 2.45) is 13.0 Å². The van der Waals surface area contributed by atoms with Crippen molar-refractivity contribution < 1.29 is 24.9 Å². The molecule has 0 aliphatic carbocycles. The molecule has 5 atom stereocenters. The van der Waals surface area contributed by atoms with Crippen LogP contribution in [-0.2, 0) is 16.6 Å². The SMILES string of the molecule is C[C@@H]1O[C@H](O)[C@@H](CNC(=O)/C(C#N)=C/c2ccc(-c3ccc4cc(N(C)C)ccc4c3)n2C)[C@@H](O)C1O. The van der Waals surface area contributed by atoms with Crippen molar-refractivity contribution in [2.45, 2.75) is 31.5 Å². The summed E-state index contributed by atoms with van der Waals surface area (Å²) in [7, 11) is 5.88. The van der Waals surface area contributed by atoms with Crippen molar-refractivity contribution >= 4 is 28.4 Å². The van der Waals surface area contributed by atoms with Crippen molar-refractivity contribution in [1.29, 1.82) is 5.26 Å². The second kappa shape index (κ2) is 10.7. The lowest BCUT2D eigenvalue weighted by atomic mass is 9.91. The number of anilines is 1. The smallest absolute Gasteiger partial charge is 0.262 e. The highest BCUT2D eigenvalue weighted by atomic mass is 16.6. The lowest BCUT2D eigenvalue weighted by molar-refractivity contribution is -0.257. The molecule has 0 radical (unpaired) electrons. The maximum atomic E-state index is 12.7. The minimum absolute atomic E-state index is 0.128. The van der Waals surface area contributed by atoms with Crippen LogP contribution in [0.25, 0.3) is 28.1 Å². The van der Waals surface area contributed by atoms with Gasteiger partial charge in [-0.15, -0.1) is 0 Å². The first-order valence-electron chi connectivity index (χ1n) is 12.1. The predicted octanol–water partition coefficient (Wildman–Crippen LogP) is 2.01. The number of aliphatic hydroxyl groups excluding tert-OH is 3. The molecule has 1 fully saturated rings. The average molecular weight is 505 g/mol. The summed E-state index contributed by atoms with van der Waals surface area (Å²) in [4.78, 5) is 14.8. The molecule has 2 aromatic carbocycles. The van der Waals surface area contributed by atoms with Crippen molar-refractivity contribution in [1.82, 2.24) is 9.88 Å². The van der Waals surface area contributed by atoms with Gasteiger partial charge in [-0.1, -0.05) is 18.2 Å². The summed E-state index contributed by atoms with van der Waals surface area (Å²) < 4.78 is 7.11.